The summed E-state index contributed by atoms with van der Waals surface area (Å²) < 4.78 is 27.6. The molecule has 1 N–H and O–H groups in total. The van der Waals surface area contributed by atoms with Gasteiger partial charge in [-0.05, 0) is 42.0 Å². The minimum absolute atomic E-state index is 0.00461. The van der Waals surface area contributed by atoms with Gasteiger partial charge in [0, 0.05) is 6.21 Å². The van der Waals surface area contributed by atoms with Gasteiger partial charge >= 0.3 is 5.97 Å². The van der Waals surface area contributed by atoms with Crippen LogP contribution in [0.5, 0.6) is 0 Å². The number of nitriles is 1. The molecule has 0 atom stereocenters. The van der Waals surface area contributed by atoms with E-state index in [9.17, 15) is 13.2 Å². The molecule has 0 amide bonds. The van der Waals surface area contributed by atoms with Crippen LogP contribution < -0.4 is 0 Å². The third-order valence-corrected chi connectivity index (χ3v) is 4.03. The first-order valence-corrected chi connectivity index (χ1v) is 7.50. The van der Waals surface area contributed by atoms with Crippen LogP contribution in [-0.4, -0.2) is 25.7 Å². The molecule has 0 saturated heterocycles. The van der Waals surface area contributed by atoms with Crippen LogP contribution in [-0.2, 0) is 10.0 Å². The first kappa shape index (κ1) is 15.4. The predicted octanol–water partition coefficient (Wildman–Crippen LogP) is 2.06. The second-order valence-electron chi connectivity index (χ2n) is 4.27. The van der Waals surface area contributed by atoms with Gasteiger partial charge in [0.1, 0.15) is 0 Å². The molecule has 0 fully saturated rings. The van der Waals surface area contributed by atoms with Crippen molar-refractivity contribution >= 4 is 22.2 Å². The van der Waals surface area contributed by atoms with Crippen molar-refractivity contribution in [3.8, 4) is 6.07 Å². The van der Waals surface area contributed by atoms with Crippen molar-refractivity contribution in [3.63, 3.8) is 0 Å². The summed E-state index contributed by atoms with van der Waals surface area (Å²) in [6.45, 7) is 0. The Kier molecular flexibility index (Phi) is 4.34. The van der Waals surface area contributed by atoms with Crippen LogP contribution in [0.3, 0.4) is 0 Å². The highest BCUT2D eigenvalue weighted by Gasteiger charge is 2.12. The van der Waals surface area contributed by atoms with Crippen LogP contribution in [0.1, 0.15) is 21.5 Å². The summed E-state index contributed by atoms with van der Waals surface area (Å²) in [5.41, 5.74) is 0.990. The Labute approximate surface area is 127 Å². The zero-order valence-electron chi connectivity index (χ0n) is 11.2. The van der Waals surface area contributed by atoms with Gasteiger partial charge in [-0.15, -0.1) is 0 Å². The lowest BCUT2D eigenvalue weighted by Crippen LogP contribution is -2.00. The lowest BCUT2D eigenvalue weighted by atomic mass is 10.2. The summed E-state index contributed by atoms with van der Waals surface area (Å²) in [6.07, 6.45) is 1.17. The molecule has 7 heteroatoms. The Hall–Kier alpha value is -2.98. The number of sulfonamides is 1. The molecular weight excluding hydrogens is 304 g/mol. The van der Waals surface area contributed by atoms with Gasteiger partial charge in [0.05, 0.1) is 22.1 Å². The van der Waals surface area contributed by atoms with Crippen LogP contribution in [0.15, 0.2) is 57.8 Å². The van der Waals surface area contributed by atoms with Crippen LogP contribution in [0.25, 0.3) is 0 Å². The maximum absolute atomic E-state index is 12.0. The topological polar surface area (TPSA) is 108 Å². The largest absolute Gasteiger partial charge is 0.478 e. The van der Waals surface area contributed by atoms with Gasteiger partial charge in [0.15, 0.2) is 0 Å². The highest BCUT2D eigenvalue weighted by Crippen LogP contribution is 2.14. The Balaban J connectivity index is 2.24. The van der Waals surface area contributed by atoms with E-state index in [0.29, 0.717) is 11.1 Å². The zero-order valence-corrected chi connectivity index (χ0v) is 12.0. The molecular formula is C15H10N2O4S. The smallest absolute Gasteiger partial charge is 0.335 e. The average molecular weight is 314 g/mol. The Bertz CT molecular complexity index is 861. The highest BCUT2D eigenvalue weighted by atomic mass is 32.2. The van der Waals surface area contributed by atoms with Gasteiger partial charge in [-0.25, -0.2) is 4.79 Å². The van der Waals surface area contributed by atoms with Crippen LogP contribution in [0, 0.1) is 11.3 Å². The molecule has 0 spiro atoms. The van der Waals surface area contributed by atoms with E-state index >= 15 is 0 Å². The lowest BCUT2D eigenvalue weighted by molar-refractivity contribution is 0.0696. The number of carboxylic acids is 1. The van der Waals surface area contributed by atoms with Crippen molar-refractivity contribution < 1.29 is 18.3 Å². The molecule has 0 aromatic heterocycles. The third kappa shape index (κ3) is 3.56. The van der Waals surface area contributed by atoms with Crippen molar-refractivity contribution in [2.75, 3.05) is 0 Å². The molecule has 2 aromatic carbocycles. The summed E-state index contributed by atoms with van der Waals surface area (Å²) in [5.74, 6) is -1.13. The van der Waals surface area contributed by atoms with Crippen molar-refractivity contribution in [3.05, 3.63) is 65.2 Å². The van der Waals surface area contributed by atoms with Crippen molar-refractivity contribution in [2.45, 2.75) is 4.90 Å². The minimum Gasteiger partial charge on any atom is -0.478 e. The number of carbonyl (C=O) groups is 1. The fourth-order valence-electron chi connectivity index (χ4n) is 1.60. The van der Waals surface area contributed by atoms with Crippen LogP contribution in [0.2, 0.25) is 0 Å². The lowest BCUT2D eigenvalue weighted by Gasteiger charge is -2.00. The molecule has 0 aliphatic carbocycles. The van der Waals surface area contributed by atoms with E-state index in [2.05, 4.69) is 4.40 Å². The zero-order chi connectivity index (χ0) is 16.2. The molecule has 0 aliphatic heterocycles. The van der Waals surface area contributed by atoms with E-state index in [-0.39, 0.29) is 10.5 Å². The highest BCUT2D eigenvalue weighted by molar-refractivity contribution is 7.90. The second kappa shape index (κ2) is 6.20. The number of benzene rings is 2. The van der Waals surface area contributed by atoms with E-state index in [4.69, 9.17) is 10.4 Å². The normalized spacial score (nSPS) is 11.2. The van der Waals surface area contributed by atoms with E-state index < -0.39 is 16.0 Å². The number of hydrogen-bond donors (Lipinski definition) is 1. The van der Waals surface area contributed by atoms with Crippen molar-refractivity contribution in [1.29, 1.82) is 5.26 Å². The molecule has 22 heavy (non-hydrogen) atoms. The fraction of sp³-hybridized carbons (Fsp3) is 0. The molecule has 0 radical (unpaired) electrons. The monoisotopic (exact) mass is 314 g/mol. The minimum atomic E-state index is -3.91. The van der Waals surface area contributed by atoms with E-state index in [1.165, 1.54) is 30.5 Å². The molecule has 2 rings (SSSR count). The van der Waals surface area contributed by atoms with E-state index in [1.807, 2.05) is 6.07 Å². The Morgan fingerprint density at radius 1 is 1.09 bits per heavy atom. The number of rotatable bonds is 4. The summed E-state index contributed by atoms with van der Waals surface area (Å²) in [6, 6.07) is 13.0. The quantitative estimate of drug-likeness (QED) is 0.869. The fourth-order valence-corrected chi connectivity index (χ4v) is 2.47. The van der Waals surface area contributed by atoms with Crippen LogP contribution in [0.4, 0.5) is 0 Å². The van der Waals surface area contributed by atoms with Gasteiger partial charge in [-0.2, -0.15) is 18.1 Å². The molecule has 0 saturated carbocycles. The standard InChI is InChI=1S/C15H10N2O4S/c16-9-11-1-3-12(4-2-11)10-17-22(20,21)14-7-5-13(6-8-14)15(18)19/h1-8,10H,(H,18,19). The molecule has 0 aliphatic rings. The second-order valence-corrected chi connectivity index (χ2v) is 5.91. The van der Waals surface area contributed by atoms with Crippen molar-refractivity contribution in [2.24, 2.45) is 4.40 Å². The van der Waals surface area contributed by atoms with Gasteiger partial charge in [0.25, 0.3) is 10.0 Å². The maximum atomic E-state index is 12.0. The molecule has 6 nitrogen and oxygen atoms in total. The van der Waals surface area contributed by atoms with Gasteiger partial charge in [-0.3, -0.25) is 0 Å². The van der Waals surface area contributed by atoms with Crippen molar-refractivity contribution in [1.82, 2.24) is 0 Å². The molecule has 0 heterocycles. The maximum Gasteiger partial charge on any atom is 0.335 e. The Morgan fingerprint density at radius 2 is 1.68 bits per heavy atom. The summed E-state index contributed by atoms with van der Waals surface area (Å²) >= 11 is 0. The predicted molar refractivity (Wildman–Crippen MR) is 79.3 cm³/mol. The first-order chi connectivity index (χ1) is 10.4. The number of hydrogen-bond acceptors (Lipinski definition) is 4. The summed E-state index contributed by atoms with van der Waals surface area (Å²) in [7, 11) is -3.91. The van der Waals surface area contributed by atoms with Gasteiger partial charge < -0.3 is 5.11 Å². The summed E-state index contributed by atoms with van der Waals surface area (Å²) in [5, 5.41) is 17.4. The summed E-state index contributed by atoms with van der Waals surface area (Å²) in [4.78, 5) is 10.6. The number of carboxylic acid groups (broad SMARTS) is 1. The van der Waals surface area contributed by atoms with Crippen LogP contribution >= 0.6 is 0 Å². The third-order valence-electron chi connectivity index (χ3n) is 2.78. The number of aromatic carboxylic acids is 1. The Morgan fingerprint density at radius 3 is 2.18 bits per heavy atom. The SMILES string of the molecule is N#Cc1ccc(C=NS(=O)(=O)c2ccc(C(=O)O)cc2)cc1. The van der Waals surface area contributed by atoms with E-state index in [0.717, 1.165) is 0 Å². The van der Waals surface area contributed by atoms with Gasteiger partial charge in [-0.1, -0.05) is 12.1 Å². The first-order valence-electron chi connectivity index (χ1n) is 6.06. The molecule has 0 unspecified atom stereocenters. The molecule has 110 valence electrons. The molecule has 2 aromatic rings. The number of nitrogens with zero attached hydrogens (tertiary/aromatic N) is 2. The van der Waals surface area contributed by atoms with Gasteiger partial charge in [0.2, 0.25) is 0 Å². The average Bonchev–Trinajstić information content (AvgIpc) is 2.53. The van der Waals surface area contributed by atoms with E-state index in [1.54, 1.807) is 24.3 Å². The molecule has 0 bridgehead atoms.